The number of nitrogens with zero attached hydrogens (tertiary/aromatic N) is 2. The molecule has 0 aromatic carbocycles. The average molecular weight is 297 g/mol. The normalized spacial score (nSPS) is 24.1. The van der Waals surface area contributed by atoms with E-state index < -0.39 is 0 Å². The second-order valence-corrected chi connectivity index (χ2v) is 6.90. The first-order chi connectivity index (χ1) is 9.85. The first-order valence-corrected chi connectivity index (χ1v) is 7.79. The Bertz CT molecular complexity index is 378. The smallest absolute Gasteiger partial charge is 0.251 e. The SMILES string of the molecule is CC(C)(C)NC(=O)CN1CCN(C(=O)[C@H]2CCCO2)CC1. The van der Waals surface area contributed by atoms with Gasteiger partial charge in [-0.25, -0.2) is 0 Å². The molecule has 0 aromatic heterocycles. The second kappa shape index (κ2) is 6.75. The number of hydrogen-bond donors (Lipinski definition) is 1. The van der Waals surface area contributed by atoms with E-state index in [4.69, 9.17) is 4.74 Å². The van der Waals surface area contributed by atoms with E-state index in [9.17, 15) is 9.59 Å². The van der Waals surface area contributed by atoms with Crippen LogP contribution in [-0.4, -0.2) is 72.6 Å². The highest BCUT2D eigenvalue weighted by Gasteiger charge is 2.30. The fourth-order valence-electron chi connectivity index (χ4n) is 2.76. The molecule has 0 bridgehead atoms. The predicted octanol–water partition coefficient (Wildman–Crippen LogP) is 0.224. The highest BCUT2D eigenvalue weighted by atomic mass is 16.5. The minimum absolute atomic E-state index is 0.0430. The number of carbonyl (C=O) groups excluding carboxylic acids is 2. The molecular weight excluding hydrogens is 270 g/mol. The summed E-state index contributed by atoms with van der Waals surface area (Å²) in [6.07, 6.45) is 1.58. The lowest BCUT2D eigenvalue weighted by atomic mass is 10.1. The van der Waals surface area contributed by atoms with Crippen molar-refractivity contribution in [3.8, 4) is 0 Å². The molecule has 2 saturated heterocycles. The van der Waals surface area contributed by atoms with Gasteiger partial charge in [-0.2, -0.15) is 0 Å². The zero-order valence-electron chi connectivity index (χ0n) is 13.4. The lowest BCUT2D eigenvalue weighted by Gasteiger charge is -2.35. The molecule has 2 heterocycles. The van der Waals surface area contributed by atoms with Crippen molar-refractivity contribution in [2.24, 2.45) is 0 Å². The minimum Gasteiger partial charge on any atom is -0.368 e. The lowest BCUT2D eigenvalue weighted by molar-refractivity contribution is -0.142. The number of nitrogens with one attached hydrogen (secondary N) is 1. The molecule has 1 atom stereocenters. The molecule has 0 aromatic rings. The van der Waals surface area contributed by atoms with Gasteiger partial charge >= 0.3 is 0 Å². The molecule has 0 saturated carbocycles. The highest BCUT2D eigenvalue weighted by molar-refractivity contribution is 5.81. The van der Waals surface area contributed by atoms with Crippen LogP contribution in [-0.2, 0) is 14.3 Å². The summed E-state index contributed by atoms with van der Waals surface area (Å²) in [7, 11) is 0. The summed E-state index contributed by atoms with van der Waals surface area (Å²) >= 11 is 0. The Kier molecular flexibility index (Phi) is 5.22. The van der Waals surface area contributed by atoms with Crippen LogP contribution in [0.15, 0.2) is 0 Å². The molecule has 2 fully saturated rings. The van der Waals surface area contributed by atoms with E-state index in [0.29, 0.717) is 26.2 Å². The number of amides is 2. The molecule has 0 radical (unpaired) electrons. The molecule has 2 aliphatic rings. The minimum atomic E-state index is -0.235. The summed E-state index contributed by atoms with van der Waals surface area (Å²) in [6, 6.07) is 0. The molecule has 0 spiro atoms. The first-order valence-electron chi connectivity index (χ1n) is 7.79. The van der Waals surface area contributed by atoms with E-state index in [-0.39, 0.29) is 23.5 Å². The topological polar surface area (TPSA) is 61.9 Å². The number of carbonyl (C=O) groups is 2. The van der Waals surface area contributed by atoms with Crippen LogP contribution in [0.3, 0.4) is 0 Å². The molecule has 1 N–H and O–H groups in total. The van der Waals surface area contributed by atoms with E-state index in [2.05, 4.69) is 10.2 Å². The maximum Gasteiger partial charge on any atom is 0.251 e. The van der Waals surface area contributed by atoms with Crippen LogP contribution in [0.4, 0.5) is 0 Å². The Labute approximate surface area is 126 Å². The molecule has 6 heteroatoms. The fraction of sp³-hybridized carbons (Fsp3) is 0.867. The van der Waals surface area contributed by atoms with E-state index in [1.807, 2.05) is 25.7 Å². The Hall–Kier alpha value is -1.14. The molecule has 21 heavy (non-hydrogen) atoms. The van der Waals surface area contributed by atoms with Crippen LogP contribution in [0.2, 0.25) is 0 Å². The summed E-state index contributed by atoms with van der Waals surface area (Å²) < 4.78 is 5.45. The lowest BCUT2D eigenvalue weighted by Crippen LogP contribution is -2.54. The summed E-state index contributed by atoms with van der Waals surface area (Å²) in [5.41, 5.74) is -0.200. The third kappa shape index (κ3) is 4.97. The van der Waals surface area contributed by atoms with Gasteiger partial charge in [-0.3, -0.25) is 14.5 Å². The van der Waals surface area contributed by atoms with Gasteiger partial charge in [0.1, 0.15) is 6.10 Å². The van der Waals surface area contributed by atoms with Gasteiger partial charge in [-0.1, -0.05) is 0 Å². The molecule has 2 amide bonds. The number of rotatable bonds is 3. The summed E-state index contributed by atoms with van der Waals surface area (Å²) in [5, 5.41) is 2.96. The Balaban J connectivity index is 1.73. The Morgan fingerprint density at radius 3 is 2.38 bits per heavy atom. The summed E-state index contributed by atoms with van der Waals surface area (Å²) in [4.78, 5) is 28.1. The van der Waals surface area contributed by atoms with Crippen molar-refractivity contribution in [1.82, 2.24) is 15.1 Å². The van der Waals surface area contributed by atoms with Crippen LogP contribution in [0.1, 0.15) is 33.6 Å². The van der Waals surface area contributed by atoms with Crippen LogP contribution in [0.5, 0.6) is 0 Å². The largest absolute Gasteiger partial charge is 0.368 e. The standard InChI is InChI=1S/C15H27N3O3/c1-15(2,3)16-13(19)11-17-6-8-18(9-7-17)14(20)12-5-4-10-21-12/h12H,4-11H2,1-3H3,(H,16,19)/t12-/m1/s1. The van der Waals surface area contributed by atoms with E-state index in [1.54, 1.807) is 0 Å². The monoisotopic (exact) mass is 297 g/mol. The van der Waals surface area contributed by atoms with Gasteiger partial charge in [0.25, 0.3) is 5.91 Å². The van der Waals surface area contributed by atoms with Gasteiger partial charge < -0.3 is 15.0 Å². The van der Waals surface area contributed by atoms with Crippen molar-refractivity contribution in [1.29, 1.82) is 0 Å². The molecule has 2 aliphatic heterocycles. The van der Waals surface area contributed by atoms with Crippen LogP contribution < -0.4 is 5.32 Å². The van der Waals surface area contributed by atoms with Gasteiger partial charge in [0.15, 0.2) is 0 Å². The van der Waals surface area contributed by atoms with E-state index in [1.165, 1.54) is 0 Å². The number of hydrogen-bond acceptors (Lipinski definition) is 4. The number of ether oxygens (including phenoxy) is 1. The van der Waals surface area contributed by atoms with Gasteiger partial charge in [-0.15, -0.1) is 0 Å². The maximum absolute atomic E-state index is 12.2. The third-order valence-electron chi connectivity index (χ3n) is 3.77. The van der Waals surface area contributed by atoms with Gasteiger partial charge in [-0.05, 0) is 33.6 Å². The van der Waals surface area contributed by atoms with Crippen LogP contribution in [0.25, 0.3) is 0 Å². The van der Waals surface area contributed by atoms with Crippen molar-refractivity contribution in [2.75, 3.05) is 39.3 Å². The third-order valence-corrected chi connectivity index (χ3v) is 3.77. The highest BCUT2D eigenvalue weighted by Crippen LogP contribution is 2.15. The fourth-order valence-corrected chi connectivity index (χ4v) is 2.76. The van der Waals surface area contributed by atoms with E-state index in [0.717, 1.165) is 25.9 Å². The molecule has 0 unspecified atom stereocenters. The Morgan fingerprint density at radius 2 is 1.86 bits per heavy atom. The van der Waals surface area contributed by atoms with Gasteiger partial charge in [0.2, 0.25) is 5.91 Å². The summed E-state index contributed by atoms with van der Waals surface area (Å²) in [5.74, 6) is 0.160. The molecule has 6 nitrogen and oxygen atoms in total. The zero-order chi connectivity index (χ0) is 15.5. The first kappa shape index (κ1) is 16.2. The van der Waals surface area contributed by atoms with E-state index >= 15 is 0 Å². The van der Waals surface area contributed by atoms with Gasteiger partial charge in [0.05, 0.1) is 6.54 Å². The second-order valence-electron chi connectivity index (χ2n) is 6.90. The average Bonchev–Trinajstić information content (AvgIpc) is 2.90. The van der Waals surface area contributed by atoms with Crippen LogP contribution in [0, 0.1) is 0 Å². The zero-order valence-corrected chi connectivity index (χ0v) is 13.4. The molecular formula is C15H27N3O3. The van der Waals surface area contributed by atoms with Crippen molar-refractivity contribution >= 4 is 11.8 Å². The van der Waals surface area contributed by atoms with Crippen molar-refractivity contribution in [3.63, 3.8) is 0 Å². The van der Waals surface area contributed by atoms with Crippen molar-refractivity contribution in [2.45, 2.75) is 45.3 Å². The molecule has 2 rings (SSSR count). The number of piperazine rings is 1. The quantitative estimate of drug-likeness (QED) is 0.810. The van der Waals surface area contributed by atoms with Crippen molar-refractivity contribution < 1.29 is 14.3 Å². The maximum atomic E-state index is 12.2. The van der Waals surface area contributed by atoms with Gasteiger partial charge in [0, 0.05) is 38.3 Å². The predicted molar refractivity (Wildman–Crippen MR) is 79.9 cm³/mol. The van der Waals surface area contributed by atoms with Crippen LogP contribution >= 0.6 is 0 Å². The molecule has 0 aliphatic carbocycles. The van der Waals surface area contributed by atoms with Crippen molar-refractivity contribution in [3.05, 3.63) is 0 Å². The molecule has 120 valence electrons. The Morgan fingerprint density at radius 1 is 1.19 bits per heavy atom. The summed E-state index contributed by atoms with van der Waals surface area (Å²) in [6.45, 7) is 9.88.